The van der Waals surface area contributed by atoms with Crippen molar-refractivity contribution in [3.8, 4) is 5.75 Å². The van der Waals surface area contributed by atoms with E-state index < -0.39 is 0 Å². The molecule has 0 aromatic heterocycles. The Morgan fingerprint density at radius 1 is 0.958 bits per heavy atom. The number of benzene rings is 3. The van der Waals surface area contributed by atoms with Crippen LogP contribution >= 0.6 is 0 Å². The van der Waals surface area contributed by atoms with E-state index in [1.54, 1.807) is 7.11 Å². The molecule has 0 amide bonds. The minimum Gasteiger partial charge on any atom is -0.496 e. The zero-order valence-electron chi connectivity index (χ0n) is 14.0. The summed E-state index contributed by atoms with van der Waals surface area (Å²) in [4.78, 5) is 0. The van der Waals surface area contributed by atoms with E-state index in [1.807, 2.05) is 0 Å². The standard InChI is InChI=1S/C22H23NO/c1-24-21-15-18-10-6-5-9-17(18)14-20(21)22-19(11-12-23-22)13-16-7-3-2-4-8-16/h2-10,14-15,19,22-23H,11-13H2,1H3. The van der Waals surface area contributed by atoms with Crippen molar-refractivity contribution in [1.82, 2.24) is 5.32 Å². The van der Waals surface area contributed by atoms with Crippen LogP contribution in [0.3, 0.4) is 0 Å². The Hall–Kier alpha value is -2.32. The van der Waals surface area contributed by atoms with Crippen molar-refractivity contribution >= 4 is 10.8 Å². The van der Waals surface area contributed by atoms with Crippen LogP contribution in [0.1, 0.15) is 23.6 Å². The van der Waals surface area contributed by atoms with Crippen LogP contribution in [-0.2, 0) is 6.42 Å². The second-order valence-electron chi connectivity index (χ2n) is 6.61. The summed E-state index contributed by atoms with van der Waals surface area (Å²) in [7, 11) is 1.77. The molecular weight excluding hydrogens is 294 g/mol. The molecule has 0 spiro atoms. The molecule has 1 saturated heterocycles. The average Bonchev–Trinajstić information content (AvgIpc) is 3.09. The highest BCUT2D eigenvalue weighted by Gasteiger charge is 2.30. The van der Waals surface area contributed by atoms with Crippen molar-refractivity contribution in [3.63, 3.8) is 0 Å². The fourth-order valence-electron chi connectivity index (χ4n) is 3.92. The van der Waals surface area contributed by atoms with Gasteiger partial charge in [0.2, 0.25) is 0 Å². The van der Waals surface area contributed by atoms with Gasteiger partial charge in [-0.1, -0.05) is 54.6 Å². The molecule has 24 heavy (non-hydrogen) atoms. The summed E-state index contributed by atoms with van der Waals surface area (Å²) in [6.45, 7) is 1.07. The molecular formula is C22H23NO. The fraction of sp³-hybridized carbons (Fsp3) is 0.273. The minimum atomic E-state index is 0.352. The molecule has 3 aromatic rings. The van der Waals surface area contributed by atoms with Crippen molar-refractivity contribution in [2.45, 2.75) is 18.9 Å². The van der Waals surface area contributed by atoms with Crippen molar-refractivity contribution in [2.75, 3.05) is 13.7 Å². The van der Waals surface area contributed by atoms with E-state index in [0.717, 1.165) is 18.7 Å². The van der Waals surface area contributed by atoms with Crippen molar-refractivity contribution < 1.29 is 4.74 Å². The summed E-state index contributed by atoms with van der Waals surface area (Å²) in [6, 6.07) is 24.1. The maximum atomic E-state index is 5.72. The maximum Gasteiger partial charge on any atom is 0.124 e. The van der Waals surface area contributed by atoms with Crippen molar-refractivity contribution in [2.24, 2.45) is 5.92 Å². The second-order valence-corrected chi connectivity index (χ2v) is 6.61. The molecule has 2 unspecified atom stereocenters. The van der Waals surface area contributed by atoms with Crippen LogP contribution < -0.4 is 10.1 Å². The predicted octanol–water partition coefficient (Wildman–Crippen LogP) is 4.74. The monoisotopic (exact) mass is 317 g/mol. The number of ether oxygens (including phenoxy) is 1. The van der Waals surface area contributed by atoms with Gasteiger partial charge in [0, 0.05) is 11.6 Å². The molecule has 1 aliphatic heterocycles. The third-order valence-electron chi connectivity index (χ3n) is 5.12. The second kappa shape index (κ2) is 6.66. The third kappa shape index (κ3) is 2.90. The third-order valence-corrected chi connectivity index (χ3v) is 5.12. The zero-order chi connectivity index (χ0) is 16.4. The van der Waals surface area contributed by atoms with Crippen LogP contribution in [-0.4, -0.2) is 13.7 Å². The van der Waals surface area contributed by atoms with E-state index in [4.69, 9.17) is 4.74 Å². The first-order valence-corrected chi connectivity index (χ1v) is 8.69. The molecule has 3 aromatic carbocycles. The molecule has 0 bridgehead atoms. The summed E-state index contributed by atoms with van der Waals surface area (Å²) in [5, 5.41) is 6.21. The van der Waals surface area contributed by atoms with Gasteiger partial charge in [-0.15, -0.1) is 0 Å². The Kier molecular flexibility index (Phi) is 4.22. The van der Waals surface area contributed by atoms with Crippen LogP contribution in [0.5, 0.6) is 5.75 Å². The Balaban J connectivity index is 1.69. The number of hydrogen-bond acceptors (Lipinski definition) is 2. The molecule has 2 nitrogen and oxygen atoms in total. The van der Waals surface area contributed by atoms with Gasteiger partial charge in [-0.25, -0.2) is 0 Å². The molecule has 1 aliphatic rings. The molecule has 0 aliphatic carbocycles. The summed E-state index contributed by atoms with van der Waals surface area (Å²) in [5.74, 6) is 1.59. The first kappa shape index (κ1) is 15.2. The number of hydrogen-bond donors (Lipinski definition) is 1. The van der Waals surface area contributed by atoms with Crippen LogP contribution in [0.4, 0.5) is 0 Å². The van der Waals surface area contributed by atoms with Crippen molar-refractivity contribution in [3.05, 3.63) is 77.9 Å². The van der Waals surface area contributed by atoms with E-state index in [1.165, 1.54) is 28.3 Å². The summed E-state index contributed by atoms with van der Waals surface area (Å²) in [5.41, 5.74) is 2.70. The van der Waals surface area contributed by atoms with E-state index in [2.05, 4.69) is 72.0 Å². The Bertz CT molecular complexity index is 828. The molecule has 1 heterocycles. The van der Waals surface area contributed by atoms with Crippen molar-refractivity contribution in [1.29, 1.82) is 0 Å². The molecule has 0 radical (unpaired) electrons. The van der Waals surface area contributed by atoms with Crippen LogP contribution in [0.2, 0.25) is 0 Å². The average molecular weight is 317 g/mol. The van der Waals surface area contributed by atoms with Gasteiger partial charge in [0.25, 0.3) is 0 Å². The van der Waals surface area contributed by atoms with Crippen LogP contribution in [0, 0.1) is 5.92 Å². The van der Waals surface area contributed by atoms with Gasteiger partial charge in [0.15, 0.2) is 0 Å². The Morgan fingerprint density at radius 2 is 1.67 bits per heavy atom. The molecule has 4 rings (SSSR count). The van der Waals surface area contributed by atoms with E-state index in [9.17, 15) is 0 Å². The number of fused-ring (bicyclic) bond motifs is 1. The molecule has 2 heteroatoms. The lowest BCUT2D eigenvalue weighted by Crippen LogP contribution is -2.20. The molecule has 2 atom stereocenters. The van der Waals surface area contributed by atoms with Gasteiger partial charge in [-0.05, 0) is 53.8 Å². The topological polar surface area (TPSA) is 21.3 Å². The van der Waals surface area contributed by atoms with Gasteiger partial charge in [-0.3, -0.25) is 0 Å². The Morgan fingerprint density at radius 3 is 2.42 bits per heavy atom. The summed E-state index contributed by atoms with van der Waals surface area (Å²) < 4.78 is 5.72. The number of nitrogens with one attached hydrogen (secondary N) is 1. The van der Waals surface area contributed by atoms with Gasteiger partial charge >= 0.3 is 0 Å². The SMILES string of the molecule is COc1cc2ccccc2cc1C1NCCC1Cc1ccccc1. The van der Waals surface area contributed by atoms with Gasteiger partial charge < -0.3 is 10.1 Å². The Labute approximate surface area is 143 Å². The molecule has 1 N–H and O–H groups in total. The van der Waals surface area contributed by atoms with Crippen LogP contribution in [0.25, 0.3) is 10.8 Å². The highest BCUT2D eigenvalue weighted by atomic mass is 16.5. The zero-order valence-corrected chi connectivity index (χ0v) is 14.0. The summed E-state index contributed by atoms with van der Waals surface area (Å²) >= 11 is 0. The van der Waals surface area contributed by atoms with Gasteiger partial charge in [0.05, 0.1) is 7.11 Å². The van der Waals surface area contributed by atoms with Gasteiger partial charge in [-0.2, -0.15) is 0 Å². The lowest BCUT2D eigenvalue weighted by Gasteiger charge is -2.23. The first-order chi connectivity index (χ1) is 11.8. The van der Waals surface area contributed by atoms with E-state index >= 15 is 0 Å². The molecule has 1 fully saturated rings. The minimum absolute atomic E-state index is 0.352. The molecule has 122 valence electrons. The lowest BCUT2D eigenvalue weighted by molar-refractivity contribution is 0.388. The predicted molar refractivity (Wildman–Crippen MR) is 99.5 cm³/mol. The number of rotatable bonds is 4. The fourth-order valence-corrected chi connectivity index (χ4v) is 3.92. The highest BCUT2D eigenvalue weighted by molar-refractivity contribution is 5.85. The van der Waals surface area contributed by atoms with Gasteiger partial charge in [0.1, 0.15) is 5.75 Å². The van der Waals surface area contributed by atoms with E-state index in [0.29, 0.717) is 12.0 Å². The van der Waals surface area contributed by atoms with E-state index in [-0.39, 0.29) is 0 Å². The largest absolute Gasteiger partial charge is 0.496 e. The number of methoxy groups -OCH3 is 1. The quantitative estimate of drug-likeness (QED) is 0.750. The molecule has 0 saturated carbocycles. The summed E-state index contributed by atoms with van der Waals surface area (Å²) in [6.07, 6.45) is 2.31. The smallest absolute Gasteiger partial charge is 0.124 e. The lowest BCUT2D eigenvalue weighted by atomic mass is 9.87. The first-order valence-electron chi connectivity index (χ1n) is 8.69. The highest BCUT2D eigenvalue weighted by Crippen LogP contribution is 2.38. The normalized spacial score (nSPS) is 20.4. The maximum absolute atomic E-state index is 5.72. The van der Waals surface area contributed by atoms with Crippen LogP contribution in [0.15, 0.2) is 66.7 Å².